The van der Waals surface area contributed by atoms with Crippen LogP contribution >= 0.6 is 0 Å². The molecule has 0 saturated carbocycles. The number of rotatable bonds is 3. The molecule has 2 aliphatic rings. The van der Waals surface area contributed by atoms with E-state index in [1.54, 1.807) is 7.11 Å². The molecule has 2 fully saturated rings. The van der Waals surface area contributed by atoms with E-state index >= 15 is 0 Å². The molecule has 0 N–H and O–H groups in total. The summed E-state index contributed by atoms with van der Waals surface area (Å²) in [5.41, 5.74) is 1.52. The summed E-state index contributed by atoms with van der Waals surface area (Å²) in [5.74, 6) is 0.874. The Bertz CT molecular complexity index is 541. The Labute approximate surface area is 137 Å². The molecule has 1 aromatic rings. The van der Waals surface area contributed by atoms with Gasteiger partial charge in [0.05, 0.1) is 23.8 Å². The highest BCUT2D eigenvalue weighted by Gasteiger charge is 2.45. The van der Waals surface area contributed by atoms with E-state index in [2.05, 4.69) is 5.16 Å². The number of methoxy groups -OCH3 is 1. The molecule has 6 nitrogen and oxygen atoms in total. The Morgan fingerprint density at radius 2 is 2.13 bits per heavy atom. The third-order valence-corrected chi connectivity index (χ3v) is 5.34. The lowest BCUT2D eigenvalue weighted by molar-refractivity contribution is -0.188. The van der Waals surface area contributed by atoms with E-state index in [1.165, 1.54) is 0 Å². The third-order valence-electron chi connectivity index (χ3n) is 5.34. The van der Waals surface area contributed by atoms with Gasteiger partial charge >= 0.3 is 0 Å². The van der Waals surface area contributed by atoms with Crippen LogP contribution in [0.2, 0.25) is 0 Å². The minimum Gasteiger partial charge on any atom is -0.378 e. The van der Waals surface area contributed by atoms with Crippen molar-refractivity contribution in [3.63, 3.8) is 0 Å². The second-order valence-corrected chi connectivity index (χ2v) is 6.64. The molecule has 3 rings (SSSR count). The maximum atomic E-state index is 12.6. The van der Waals surface area contributed by atoms with Crippen LogP contribution in [0.5, 0.6) is 0 Å². The molecule has 0 bridgehead atoms. The molecule has 6 heteroatoms. The van der Waals surface area contributed by atoms with Crippen LogP contribution in [0.25, 0.3) is 0 Å². The Balaban J connectivity index is 1.61. The quantitative estimate of drug-likeness (QED) is 0.852. The van der Waals surface area contributed by atoms with E-state index in [0.717, 1.165) is 62.4 Å². The Kier molecular flexibility index (Phi) is 4.73. The van der Waals surface area contributed by atoms with Gasteiger partial charge in [-0.2, -0.15) is 0 Å². The van der Waals surface area contributed by atoms with Crippen LogP contribution in [-0.4, -0.2) is 54.5 Å². The fourth-order valence-electron chi connectivity index (χ4n) is 3.85. The number of nitrogens with zero attached hydrogens (tertiary/aromatic N) is 2. The fraction of sp³-hybridized carbons (Fsp3) is 0.765. The third kappa shape index (κ3) is 3.15. The SMILES string of the molecule is CO[C@H]1CCCOC12CCN(C(=O)Cc1c(C)noc1C)CC2. The summed E-state index contributed by atoms with van der Waals surface area (Å²) in [7, 11) is 1.76. The number of aryl methyl sites for hydroxylation is 2. The molecule has 23 heavy (non-hydrogen) atoms. The number of carbonyl (C=O) groups is 1. The van der Waals surface area contributed by atoms with Crippen molar-refractivity contribution in [3.8, 4) is 0 Å². The molecule has 0 unspecified atom stereocenters. The van der Waals surface area contributed by atoms with Crippen molar-refractivity contribution in [2.45, 2.75) is 57.7 Å². The number of ether oxygens (including phenoxy) is 2. The van der Waals surface area contributed by atoms with Gasteiger partial charge in [-0.15, -0.1) is 0 Å². The first kappa shape index (κ1) is 16.5. The summed E-state index contributed by atoms with van der Waals surface area (Å²) in [6.45, 7) is 5.98. The van der Waals surface area contributed by atoms with Crippen molar-refractivity contribution in [1.82, 2.24) is 10.1 Å². The number of likely N-dealkylation sites (tertiary alicyclic amines) is 1. The molecule has 0 radical (unpaired) electrons. The van der Waals surface area contributed by atoms with Crippen molar-refractivity contribution in [2.75, 3.05) is 26.8 Å². The highest BCUT2D eigenvalue weighted by atomic mass is 16.5. The molecule has 1 atom stereocenters. The summed E-state index contributed by atoms with van der Waals surface area (Å²) < 4.78 is 16.9. The number of hydrogen-bond donors (Lipinski definition) is 0. The van der Waals surface area contributed by atoms with Gasteiger partial charge in [-0.25, -0.2) is 0 Å². The molecular formula is C17H26N2O4. The predicted molar refractivity (Wildman–Crippen MR) is 84.2 cm³/mol. The first-order valence-corrected chi connectivity index (χ1v) is 8.42. The number of carbonyl (C=O) groups excluding carboxylic acids is 1. The molecule has 1 spiro atoms. The maximum Gasteiger partial charge on any atom is 0.227 e. The molecule has 1 aromatic heterocycles. The van der Waals surface area contributed by atoms with Crippen LogP contribution in [0.4, 0.5) is 0 Å². The van der Waals surface area contributed by atoms with Gasteiger partial charge in [-0.3, -0.25) is 4.79 Å². The largest absolute Gasteiger partial charge is 0.378 e. The van der Waals surface area contributed by atoms with Crippen LogP contribution in [0, 0.1) is 13.8 Å². The minimum atomic E-state index is -0.202. The summed E-state index contributed by atoms with van der Waals surface area (Å²) in [4.78, 5) is 14.5. The second-order valence-electron chi connectivity index (χ2n) is 6.64. The molecule has 2 saturated heterocycles. The lowest BCUT2D eigenvalue weighted by atomic mass is 9.81. The highest BCUT2D eigenvalue weighted by Crippen LogP contribution is 2.36. The number of aromatic nitrogens is 1. The van der Waals surface area contributed by atoms with Gasteiger partial charge in [-0.1, -0.05) is 5.16 Å². The average molecular weight is 322 g/mol. The zero-order valence-corrected chi connectivity index (χ0v) is 14.3. The summed E-state index contributed by atoms with van der Waals surface area (Å²) in [6.07, 6.45) is 4.30. The summed E-state index contributed by atoms with van der Waals surface area (Å²) in [6, 6.07) is 0. The minimum absolute atomic E-state index is 0.138. The lowest BCUT2D eigenvalue weighted by Crippen LogP contribution is -2.56. The van der Waals surface area contributed by atoms with Gasteiger partial charge < -0.3 is 18.9 Å². The van der Waals surface area contributed by atoms with Crippen LogP contribution in [0.3, 0.4) is 0 Å². The van der Waals surface area contributed by atoms with Crippen molar-refractivity contribution < 1.29 is 18.8 Å². The standard InChI is InChI=1S/C17H26N2O4/c1-12-14(13(2)23-18-12)11-16(20)19-8-6-17(7-9-19)15(21-3)5-4-10-22-17/h15H,4-11H2,1-3H3/t15-/m0/s1. The van der Waals surface area contributed by atoms with E-state index in [0.29, 0.717) is 6.42 Å². The Morgan fingerprint density at radius 1 is 1.39 bits per heavy atom. The molecule has 128 valence electrons. The molecular weight excluding hydrogens is 296 g/mol. The fourth-order valence-corrected chi connectivity index (χ4v) is 3.85. The monoisotopic (exact) mass is 322 g/mol. The lowest BCUT2D eigenvalue weighted by Gasteiger charge is -2.48. The first-order valence-electron chi connectivity index (χ1n) is 8.42. The topological polar surface area (TPSA) is 64.8 Å². The van der Waals surface area contributed by atoms with Crippen molar-refractivity contribution >= 4 is 5.91 Å². The first-order chi connectivity index (χ1) is 11.1. The van der Waals surface area contributed by atoms with Gasteiger partial charge in [0.1, 0.15) is 5.76 Å². The van der Waals surface area contributed by atoms with E-state index in [1.807, 2.05) is 18.7 Å². The van der Waals surface area contributed by atoms with Crippen LogP contribution in [0.1, 0.15) is 42.7 Å². The zero-order chi connectivity index (χ0) is 16.4. The average Bonchev–Trinajstić information content (AvgIpc) is 2.88. The van der Waals surface area contributed by atoms with E-state index in [9.17, 15) is 4.79 Å². The highest BCUT2D eigenvalue weighted by molar-refractivity contribution is 5.79. The predicted octanol–water partition coefficient (Wildman–Crippen LogP) is 2.02. The molecule has 1 amide bonds. The van der Waals surface area contributed by atoms with Crippen molar-refractivity contribution in [3.05, 3.63) is 17.0 Å². The van der Waals surface area contributed by atoms with Crippen LogP contribution in [-0.2, 0) is 20.7 Å². The molecule has 0 aliphatic carbocycles. The van der Waals surface area contributed by atoms with Crippen molar-refractivity contribution in [1.29, 1.82) is 0 Å². The molecule has 3 heterocycles. The summed E-state index contributed by atoms with van der Waals surface area (Å²) >= 11 is 0. The maximum absolute atomic E-state index is 12.6. The molecule has 2 aliphatic heterocycles. The second kappa shape index (κ2) is 6.61. The van der Waals surface area contributed by atoms with Crippen LogP contribution < -0.4 is 0 Å². The van der Waals surface area contributed by atoms with Gasteiger partial charge in [0.2, 0.25) is 5.91 Å². The van der Waals surface area contributed by atoms with Gasteiger partial charge in [-0.05, 0) is 39.5 Å². The number of piperidine rings is 1. The molecule has 0 aromatic carbocycles. The summed E-state index contributed by atoms with van der Waals surface area (Å²) in [5, 5.41) is 3.92. The van der Waals surface area contributed by atoms with Gasteiger partial charge in [0, 0.05) is 32.4 Å². The van der Waals surface area contributed by atoms with Gasteiger partial charge in [0.25, 0.3) is 0 Å². The van der Waals surface area contributed by atoms with Crippen LogP contribution in [0.15, 0.2) is 4.52 Å². The van der Waals surface area contributed by atoms with E-state index in [4.69, 9.17) is 14.0 Å². The smallest absolute Gasteiger partial charge is 0.227 e. The van der Waals surface area contributed by atoms with E-state index < -0.39 is 0 Å². The van der Waals surface area contributed by atoms with E-state index in [-0.39, 0.29) is 17.6 Å². The Morgan fingerprint density at radius 3 is 2.74 bits per heavy atom. The number of hydrogen-bond acceptors (Lipinski definition) is 5. The zero-order valence-electron chi connectivity index (χ0n) is 14.3. The number of amides is 1. The van der Waals surface area contributed by atoms with Crippen molar-refractivity contribution in [2.24, 2.45) is 0 Å². The van der Waals surface area contributed by atoms with Gasteiger partial charge in [0.15, 0.2) is 0 Å². The normalized spacial score (nSPS) is 24.1. The Hall–Kier alpha value is -1.40.